The Bertz CT molecular complexity index is 1700. The predicted molar refractivity (Wildman–Crippen MR) is 119 cm³/mol. The third-order valence-electron chi connectivity index (χ3n) is 5.86. The van der Waals surface area contributed by atoms with E-state index in [2.05, 4.69) is 98.9 Å². The normalized spacial score (nSPS) is 12.1. The summed E-state index contributed by atoms with van der Waals surface area (Å²) < 4.78 is 4.53. The molecule has 1 N–H and O–H groups in total. The molecular weight excluding hydrogens is 356 g/mol. The summed E-state index contributed by atoms with van der Waals surface area (Å²) in [5, 5.41) is 2.47. The van der Waals surface area contributed by atoms with Crippen LogP contribution in [0.3, 0.4) is 0 Å². The van der Waals surface area contributed by atoms with E-state index < -0.39 is 0 Å². The average molecular weight is 372 g/mol. The molecule has 0 unspecified atom stereocenters. The molecule has 29 heavy (non-hydrogen) atoms. The first-order chi connectivity index (χ1) is 14.4. The maximum absolute atomic E-state index is 5.05. The number of rotatable bonds is 1. The molecule has 7 rings (SSSR count). The Balaban J connectivity index is 1.76. The molecule has 0 atom stereocenters. The van der Waals surface area contributed by atoms with Crippen molar-refractivity contribution in [1.82, 2.24) is 18.9 Å². The second kappa shape index (κ2) is 5.26. The molecule has 0 saturated heterocycles. The van der Waals surface area contributed by atoms with Crippen LogP contribution in [0.5, 0.6) is 0 Å². The Kier molecular flexibility index (Phi) is 2.71. The molecule has 7 aromatic rings. The van der Waals surface area contributed by atoms with Crippen LogP contribution in [0, 0.1) is 0 Å². The van der Waals surface area contributed by atoms with Crippen LogP contribution in [-0.4, -0.2) is 18.9 Å². The van der Waals surface area contributed by atoms with Gasteiger partial charge in [0.2, 0.25) is 5.78 Å². The number of fused-ring (bicyclic) bond motifs is 9. The standard InChI is InChI=1S/C25H16N4/c1-2-8-16(9-3-1)28-21-12-6-7-13-22(21)29-24-20(27-25(28)29)15-14-18-17-10-4-5-11-19(17)26-23(18)24/h1-15,26H. The fraction of sp³-hybridized carbons (Fsp3) is 0. The highest BCUT2D eigenvalue weighted by atomic mass is 15.2. The minimum absolute atomic E-state index is 0.929. The predicted octanol–water partition coefficient (Wildman–Crippen LogP) is 6.07. The second-order valence-electron chi connectivity index (χ2n) is 7.43. The lowest BCUT2D eigenvalue weighted by Crippen LogP contribution is -1.94. The molecule has 4 heteroatoms. The van der Waals surface area contributed by atoms with Gasteiger partial charge >= 0.3 is 0 Å². The summed E-state index contributed by atoms with van der Waals surface area (Å²) in [5.41, 5.74) is 7.82. The summed E-state index contributed by atoms with van der Waals surface area (Å²) in [6.45, 7) is 0. The van der Waals surface area contributed by atoms with Crippen molar-refractivity contribution >= 4 is 49.7 Å². The summed E-state index contributed by atoms with van der Waals surface area (Å²) in [5.74, 6) is 0.929. The molecule has 0 aliphatic rings. The molecule has 0 radical (unpaired) electrons. The first-order valence-corrected chi connectivity index (χ1v) is 9.76. The maximum Gasteiger partial charge on any atom is 0.220 e. The van der Waals surface area contributed by atoms with Crippen molar-refractivity contribution in [1.29, 1.82) is 0 Å². The zero-order valence-electron chi connectivity index (χ0n) is 15.5. The van der Waals surface area contributed by atoms with Gasteiger partial charge in [-0.05, 0) is 42.5 Å². The number of H-pyrrole nitrogens is 1. The van der Waals surface area contributed by atoms with Gasteiger partial charge in [0.05, 0.1) is 27.6 Å². The number of para-hydroxylation sites is 4. The summed E-state index contributed by atoms with van der Waals surface area (Å²) in [7, 11) is 0. The van der Waals surface area contributed by atoms with Gasteiger partial charge in [-0.2, -0.15) is 0 Å². The van der Waals surface area contributed by atoms with Crippen LogP contribution in [0.2, 0.25) is 0 Å². The van der Waals surface area contributed by atoms with Gasteiger partial charge in [0.1, 0.15) is 0 Å². The Morgan fingerprint density at radius 2 is 1.41 bits per heavy atom. The molecule has 0 spiro atoms. The fourth-order valence-corrected chi connectivity index (χ4v) is 4.63. The van der Waals surface area contributed by atoms with Crippen LogP contribution >= 0.6 is 0 Å². The van der Waals surface area contributed by atoms with Crippen molar-refractivity contribution in [2.75, 3.05) is 0 Å². The van der Waals surface area contributed by atoms with Gasteiger partial charge in [0.15, 0.2) is 0 Å². The molecule has 3 aromatic heterocycles. The van der Waals surface area contributed by atoms with Gasteiger partial charge in [0, 0.05) is 22.0 Å². The SMILES string of the molecule is c1ccc(-n2c3ccccc3n3c4c(ccc5c6ccccc6[nH]c54)nc23)cc1. The van der Waals surface area contributed by atoms with E-state index >= 15 is 0 Å². The zero-order chi connectivity index (χ0) is 18.9. The lowest BCUT2D eigenvalue weighted by molar-refractivity contribution is 1.11. The first-order valence-electron chi connectivity index (χ1n) is 9.76. The summed E-state index contributed by atoms with van der Waals surface area (Å²) >= 11 is 0. The van der Waals surface area contributed by atoms with E-state index in [9.17, 15) is 0 Å². The van der Waals surface area contributed by atoms with Gasteiger partial charge in [-0.25, -0.2) is 4.98 Å². The lowest BCUT2D eigenvalue weighted by atomic mass is 10.1. The molecule has 4 aromatic carbocycles. The van der Waals surface area contributed by atoms with Crippen LogP contribution in [0.4, 0.5) is 0 Å². The van der Waals surface area contributed by atoms with Crippen molar-refractivity contribution in [3.05, 3.63) is 91.0 Å². The Labute approximate surface area is 165 Å². The van der Waals surface area contributed by atoms with Crippen LogP contribution in [0.1, 0.15) is 0 Å². The third-order valence-corrected chi connectivity index (χ3v) is 5.86. The van der Waals surface area contributed by atoms with E-state index in [1.54, 1.807) is 0 Å². The van der Waals surface area contributed by atoms with Gasteiger partial charge in [-0.15, -0.1) is 0 Å². The van der Waals surface area contributed by atoms with Gasteiger partial charge < -0.3 is 4.98 Å². The highest BCUT2D eigenvalue weighted by molar-refractivity contribution is 6.16. The third kappa shape index (κ3) is 1.85. The second-order valence-corrected chi connectivity index (χ2v) is 7.43. The molecule has 0 aliphatic carbocycles. The van der Waals surface area contributed by atoms with E-state index in [1.807, 2.05) is 6.07 Å². The van der Waals surface area contributed by atoms with E-state index in [4.69, 9.17) is 4.98 Å². The van der Waals surface area contributed by atoms with Crippen LogP contribution in [-0.2, 0) is 0 Å². The molecule has 136 valence electrons. The maximum atomic E-state index is 5.05. The molecular formula is C25H16N4. The van der Waals surface area contributed by atoms with E-state index in [1.165, 1.54) is 10.8 Å². The molecule has 0 aliphatic heterocycles. The van der Waals surface area contributed by atoms with Crippen molar-refractivity contribution in [2.45, 2.75) is 0 Å². The smallest absolute Gasteiger partial charge is 0.220 e. The molecule has 0 fully saturated rings. The number of nitrogens with zero attached hydrogens (tertiary/aromatic N) is 3. The number of benzene rings is 4. The number of hydrogen-bond acceptors (Lipinski definition) is 1. The zero-order valence-corrected chi connectivity index (χ0v) is 15.5. The van der Waals surface area contributed by atoms with Crippen molar-refractivity contribution in [3.8, 4) is 5.69 Å². The van der Waals surface area contributed by atoms with Crippen molar-refractivity contribution < 1.29 is 0 Å². The van der Waals surface area contributed by atoms with Crippen LogP contribution < -0.4 is 0 Å². The monoisotopic (exact) mass is 372 g/mol. The summed E-state index contributed by atoms with van der Waals surface area (Å²) in [6, 6.07) is 31.7. The van der Waals surface area contributed by atoms with E-state index in [0.717, 1.165) is 44.6 Å². The number of aromatic nitrogens is 4. The Morgan fingerprint density at radius 3 is 2.31 bits per heavy atom. The van der Waals surface area contributed by atoms with E-state index in [0.29, 0.717) is 0 Å². The molecule has 0 bridgehead atoms. The Morgan fingerprint density at radius 1 is 0.655 bits per heavy atom. The quantitative estimate of drug-likeness (QED) is 0.373. The van der Waals surface area contributed by atoms with Crippen LogP contribution in [0.15, 0.2) is 91.0 Å². The minimum Gasteiger partial charge on any atom is -0.353 e. The van der Waals surface area contributed by atoms with Gasteiger partial charge in [-0.3, -0.25) is 8.97 Å². The highest BCUT2D eigenvalue weighted by Crippen LogP contribution is 2.35. The lowest BCUT2D eigenvalue weighted by Gasteiger charge is -2.04. The fourth-order valence-electron chi connectivity index (χ4n) is 4.63. The minimum atomic E-state index is 0.929. The summed E-state index contributed by atoms with van der Waals surface area (Å²) in [4.78, 5) is 8.70. The molecule has 4 nitrogen and oxygen atoms in total. The summed E-state index contributed by atoms with van der Waals surface area (Å²) in [6.07, 6.45) is 0. The van der Waals surface area contributed by atoms with Gasteiger partial charge in [-0.1, -0.05) is 48.5 Å². The Hall–Kier alpha value is -4.05. The number of imidazole rings is 2. The molecule has 0 saturated carbocycles. The average Bonchev–Trinajstić information content (AvgIpc) is 3.42. The molecule has 0 amide bonds. The largest absolute Gasteiger partial charge is 0.353 e. The number of hydrogen-bond donors (Lipinski definition) is 1. The van der Waals surface area contributed by atoms with Gasteiger partial charge in [0.25, 0.3) is 0 Å². The number of aromatic amines is 1. The topological polar surface area (TPSA) is 38.0 Å². The van der Waals surface area contributed by atoms with Crippen molar-refractivity contribution in [3.63, 3.8) is 0 Å². The highest BCUT2D eigenvalue weighted by Gasteiger charge is 2.19. The first kappa shape index (κ1) is 14.9. The van der Waals surface area contributed by atoms with Crippen molar-refractivity contribution in [2.24, 2.45) is 0 Å². The van der Waals surface area contributed by atoms with E-state index in [-0.39, 0.29) is 0 Å². The molecule has 3 heterocycles. The number of nitrogens with one attached hydrogen (secondary N) is 1. The van der Waals surface area contributed by atoms with Crippen LogP contribution in [0.25, 0.3) is 55.3 Å².